The number of nitrogens with one attached hydrogen (secondary N) is 2. The van der Waals surface area contributed by atoms with Crippen LogP contribution in [0.15, 0.2) is 48.9 Å². The summed E-state index contributed by atoms with van der Waals surface area (Å²) < 4.78 is 39.9. The number of ketones is 1. The highest BCUT2D eigenvalue weighted by atomic mass is 31.2. The van der Waals surface area contributed by atoms with Gasteiger partial charge in [-0.3, -0.25) is 29.0 Å². The molecule has 20 heteroatoms. The molecule has 0 unspecified atom stereocenters. The van der Waals surface area contributed by atoms with Crippen molar-refractivity contribution >= 4 is 40.1 Å². The van der Waals surface area contributed by atoms with Crippen LogP contribution in [-0.2, 0) is 34.4 Å². The van der Waals surface area contributed by atoms with Crippen LogP contribution < -0.4 is 10.6 Å². The SMILES string of the molecule is CC(C)C[C@@H](NC(=O)[C@H](CC(=O)c1cnccn1)Cc1ccccc1)B1OCCCN(CCCCOC(=O)NC(P(=O)(O)O)P(=O)(O)O)CCCO1. The molecule has 2 heterocycles. The predicted octanol–water partition coefficient (Wildman–Crippen LogP) is 2.74. The predicted molar refractivity (Wildman–Crippen MR) is 191 cm³/mol. The highest BCUT2D eigenvalue weighted by molar-refractivity contribution is 7.70. The fourth-order valence-electron chi connectivity index (χ4n) is 5.68. The van der Waals surface area contributed by atoms with Gasteiger partial charge in [0.05, 0.1) is 18.7 Å². The molecule has 1 aromatic heterocycles. The van der Waals surface area contributed by atoms with Gasteiger partial charge in [0.15, 0.2) is 5.78 Å². The average Bonchev–Trinajstić information content (AvgIpc) is 3.08. The summed E-state index contributed by atoms with van der Waals surface area (Å²) in [5.41, 5.74) is -1.54. The monoisotopic (exact) mass is 769 g/mol. The molecule has 288 valence electrons. The van der Waals surface area contributed by atoms with Gasteiger partial charge < -0.3 is 43.8 Å². The van der Waals surface area contributed by atoms with Crippen LogP contribution >= 0.6 is 15.2 Å². The number of ether oxygens (including phenoxy) is 1. The third-order valence-corrected chi connectivity index (χ3v) is 11.5. The lowest BCUT2D eigenvalue weighted by Gasteiger charge is -2.30. The van der Waals surface area contributed by atoms with E-state index in [1.807, 2.05) is 30.3 Å². The van der Waals surface area contributed by atoms with Crippen LogP contribution in [0.3, 0.4) is 0 Å². The van der Waals surface area contributed by atoms with E-state index in [1.54, 1.807) is 5.32 Å². The Morgan fingerprint density at radius 3 is 2.19 bits per heavy atom. The second-order valence-electron chi connectivity index (χ2n) is 13.0. The van der Waals surface area contributed by atoms with E-state index in [1.165, 1.54) is 18.6 Å². The van der Waals surface area contributed by atoms with Gasteiger partial charge in [0.2, 0.25) is 11.4 Å². The number of nitrogens with zero attached hydrogens (tertiary/aromatic N) is 3. The Balaban J connectivity index is 1.52. The van der Waals surface area contributed by atoms with E-state index < -0.39 is 45.8 Å². The maximum Gasteiger partial charge on any atom is 0.480 e. The van der Waals surface area contributed by atoms with Crippen LogP contribution in [0.2, 0.25) is 0 Å². The van der Waals surface area contributed by atoms with Crippen molar-refractivity contribution in [1.29, 1.82) is 0 Å². The molecule has 1 saturated heterocycles. The quantitative estimate of drug-likeness (QED) is 0.0552. The summed E-state index contributed by atoms with van der Waals surface area (Å²) in [4.78, 5) is 85.7. The minimum Gasteiger partial charge on any atom is -0.450 e. The first-order valence-corrected chi connectivity index (χ1v) is 20.6. The number of Topliss-reactive ketones (excluding diaryl/α,β-unsaturated/α-hetero) is 1. The second-order valence-corrected chi connectivity index (χ2v) is 16.8. The molecule has 0 bridgehead atoms. The van der Waals surface area contributed by atoms with E-state index >= 15 is 0 Å². The van der Waals surface area contributed by atoms with Crippen molar-refractivity contribution in [2.75, 3.05) is 39.5 Å². The Morgan fingerprint density at radius 1 is 0.962 bits per heavy atom. The number of carbonyl (C=O) groups is 3. The molecule has 6 N–H and O–H groups in total. The summed E-state index contributed by atoms with van der Waals surface area (Å²) in [6, 6.07) is 9.53. The third-order valence-electron chi connectivity index (χ3n) is 8.15. The average molecular weight is 770 g/mol. The van der Waals surface area contributed by atoms with E-state index in [-0.39, 0.29) is 36.3 Å². The van der Waals surface area contributed by atoms with Gasteiger partial charge in [0.1, 0.15) is 5.69 Å². The molecule has 1 aromatic carbocycles. The molecule has 2 aromatic rings. The Morgan fingerprint density at radius 2 is 1.62 bits per heavy atom. The number of hydrogen-bond donors (Lipinski definition) is 6. The molecule has 2 amide bonds. The maximum atomic E-state index is 13.9. The molecule has 1 fully saturated rings. The topological polar surface area (TPSA) is 247 Å². The van der Waals surface area contributed by atoms with Crippen molar-refractivity contribution < 1.29 is 57.1 Å². The number of rotatable bonds is 18. The molecule has 0 radical (unpaired) electrons. The number of aromatic nitrogens is 2. The molecule has 0 aliphatic carbocycles. The van der Waals surface area contributed by atoms with Crippen molar-refractivity contribution in [3.05, 3.63) is 60.2 Å². The highest BCUT2D eigenvalue weighted by Gasteiger charge is 2.45. The van der Waals surface area contributed by atoms with Crippen molar-refractivity contribution in [3.63, 3.8) is 0 Å². The van der Waals surface area contributed by atoms with Crippen molar-refractivity contribution in [2.45, 2.75) is 70.3 Å². The van der Waals surface area contributed by atoms with Crippen molar-refractivity contribution in [3.8, 4) is 0 Å². The number of unbranched alkanes of at least 4 members (excludes halogenated alkanes) is 1. The number of benzene rings is 1. The van der Waals surface area contributed by atoms with Crippen molar-refractivity contribution in [1.82, 2.24) is 25.5 Å². The maximum absolute atomic E-state index is 13.9. The van der Waals surface area contributed by atoms with Gasteiger partial charge >= 0.3 is 28.4 Å². The summed E-state index contributed by atoms with van der Waals surface area (Å²) in [6.07, 6.45) is 6.28. The van der Waals surface area contributed by atoms with E-state index in [0.717, 1.165) is 5.56 Å². The molecule has 2 atom stereocenters. The molecular formula is C32H50BN5O12P2. The van der Waals surface area contributed by atoms with Crippen LogP contribution in [0, 0.1) is 11.8 Å². The van der Waals surface area contributed by atoms with E-state index in [2.05, 4.69) is 34.0 Å². The minimum atomic E-state index is -5.32. The molecule has 0 saturated carbocycles. The zero-order valence-corrected chi connectivity index (χ0v) is 31.3. The first-order valence-electron chi connectivity index (χ1n) is 17.3. The number of amides is 2. The summed E-state index contributed by atoms with van der Waals surface area (Å²) in [6.45, 7) is 6.80. The van der Waals surface area contributed by atoms with Gasteiger partial charge in [-0.15, -0.1) is 0 Å². The van der Waals surface area contributed by atoms with Gasteiger partial charge in [0.25, 0.3) is 0 Å². The molecule has 17 nitrogen and oxygen atoms in total. The first-order chi connectivity index (χ1) is 24.6. The lowest BCUT2D eigenvalue weighted by molar-refractivity contribution is -0.125. The minimum absolute atomic E-state index is 0.0387. The highest BCUT2D eigenvalue weighted by Crippen LogP contribution is 2.58. The van der Waals surface area contributed by atoms with Crippen LogP contribution in [0.4, 0.5) is 4.79 Å². The van der Waals surface area contributed by atoms with Crippen LogP contribution in [0.25, 0.3) is 0 Å². The normalized spacial score (nSPS) is 16.3. The van der Waals surface area contributed by atoms with Crippen molar-refractivity contribution in [2.24, 2.45) is 11.8 Å². The largest absolute Gasteiger partial charge is 0.480 e. The molecule has 52 heavy (non-hydrogen) atoms. The molecular weight excluding hydrogens is 719 g/mol. The number of alkyl carbamates (subject to hydrolysis) is 1. The first kappa shape index (κ1) is 43.4. The smallest absolute Gasteiger partial charge is 0.450 e. The lowest BCUT2D eigenvalue weighted by Crippen LogP contribution is -2.52. The van der Waals surface area contributed by atoms with Crippen LogP contribution in [0.5, 0.6) is 0 Å². The summed E-state index contributed by atoms with van der Waals surface area (Å²) in [5, 5.41) is 4.71. The summed E-state index contributed by atoms with van der Waals surface area (Å²) in [7, 11) is -11.3. The van der Waals surface area contributed by atoms with Gasteiger partial charge in [-0.05, 0) is 56.6 Å². The van der Waals surface area contributed by atoms with E-state index in [4.69, 9.17) is 33.6 Å². The second kappa shape index (κ2) is 21.6. The molecule has 0 spiro atoms. The van der Waals surface area contributed by atoms with E-state index in [9.17, 15) is 23.5 Å². The third kappa shape index (κ3) is 15.9. The Kier molecular flexibility index (Phi) is 18.0. The Bertz CT molecular complexity index is 1470. The summed E-state index contributed by atoms with van der Waals surface area (Å²) in [5.74, 6) is -1.44. The lowest BCUT2D eigenvalue weighted by atomic mass is 9.73. The molecule has 1 aliphatic rings. The standard InChI is InChI=1S/C32H50BN5O12P2/c1-24(2)20-29(36-30(40)26(21-25-10-4-3-5-11-25)22-28(39)27-23-34-12-13-35-27)33-49-18-8-15-38(16-9-19-50-33)14-6-7-17-48-31(41)37-32(51(42,43)44)52(45,46)47/h3-5,10-13,23-24,26,29,32H,6-9,14-22H2,1-2H3,(H,36,40)(H,37,41)(H2,42,43,44)(H2,45,46,47)/t26-,29+/m0/s1. The van der Waals surface area contributed by atoms with Crippen LogP contribution in [0.1, 0.15) is 68.4 Å². The fourth-order valence-corrected chi connectivity index (χ4v) is 7.79. The van der Waals surface area contributed by atoms with E-state index in [0.29, 0.717) is 71.4 Å². The number of carbonyl (C=O) groups excluding carboxylic acids is 3. The molecule has 3 rings (SSSR count). The van der Waals surface area contributed by atoms with Gasteiger partial charge in [-0.2, -0.15) is 0 Å². The summed E-state index contributed by atoms with van der Waals surface area (Å²) >= 11 is 0. The van der Waals surface area contributed by atoms with Crippen LogP contribution in [-0.4, -0.2) is 110 Å². The van der Waals surface area contributed by atoms with Gasteiger partial charge in [-0.1, -0.05) is 44.2 Å². The molecule has 1 aliphatic heterocycles. The zero-order valence-electron chi connectivity index (χ0n) is 29.5. The fraction of sp³-hybridized carbons (Fsp3) is 0.594. The van der Waals surface area contributed by atoms with Gasteiger partial charge in [-0.25, -0.2) is 9.78 Å². The Hall–Kier alpha value is -3.05. The Labute approximate surface area is 304 Å². The van der Waals surface area contributed by atoms with Gasteiger partial charge in [0, 0.05) is 51.0 Å². The number of hydrogen-bond acceptors (Lipinski definition) is 11. The zero-order chi connectivity index (χ0) is 38.1.